The Bertz CT molecular complexity index is 232. The molecule has 1 atom stereocenters. The van der Waals surface area contributed by atoms with E-state index in [1.165, 1.54) is 25.7 Å². The van der Waals surface area contributed by atoms with Gasteiger partial charge in [-0.1, -0.05) is 12.8 Å². The number of hydrogen-bond acceptors (Lipinski definition) is 3. The average Bonchev–Trinajstić information content (AvgIpc) is 2.85. The first-order valence-electron chi connectivity index (χ1n) is 6.49. The number of nitrogens with zero attached hydrogens (tertiary/aromatic N) is 1. The average molecular weight is 225 g/mol. The smallest absolute Gasteiger partial charge is 0.240 e. The molecule has 2 rings (SSSR count). The number of amides is 1. The first-order valence-corrected chi connectivity index (χ1v) is 6.49. The molecule has 1 aliphatic heterocycles. The van der Waals surface area contributed by atoms with Crippen LogP contribution in [0.1, 0.15) is 25.7 Å². The lowest BCUT2D eigenvalue weighted by Gasteiger charge is -2.32. The molecule has 1 aliphatic carbocycles. The Hall–Kier alpha value is -0.610. The van der Waals surface area contributed by atoms with Crippen LogP contribution in [0.5, 0.6) is 0 Å². The highest BCUT2D eigenvalue weighted by Gasteiger charge is 2.32. The van der Waals surface area contributed by atoms with E-state index in [4.69, 9.17) is 0 Å². The maximum absolute atomic E-state index is 12.4. The van der Waals surface area contributed by atoms with Gasteiger partial charge in [-0.2, -0.15) is 0 Å². The van der Waals surface area contributed by atoms with Crippen LogP contribution in [0.15, 0.2) is 0 Å². The largest absolute Gasteiger partial charge is 0.339 e. The summed E-state index contributed by atoms with van der Waals surface area (Å²) in [5.41, 5.74) is 0. The highest BCUT2D eigenvalue weighted by atomic mass is 16.2. The van der Waals surface area contributed by atoms with Gasteiger partial charge in [0, 0.05) is 26.2 Å². The second-order valence-corrected chi connectivity index (χ2v) is 4.89. The predicted molar refractivity (Wildman–Crippen MR) is 64.3 cm³/mol. The molecular formula is C12H23N3O. The lowest BCUT2D eigenvalue weighted by molar-refractivity contribution is -0.135. The van der Waals surface area contributed by atoms with E-state index in [2.05, 4.69) is 10.6 Å². The highest BCUT2D eigenvalue weighted by Crippen LogP contribution is 2.28. The minimum atomic E-state index is 0.0561. The third kappa shape index (κ3) is 2.55. The minimum absolute atomic E-state index is 0.0561. The molecule has 0 bridgehead atoms. The van der Waals surface area contributed by atoms with Crippen molar-refractivity contribution in [3.63, 3.8) is 0 Å². The molecule has 1 saturated heterocycles. The third-order valence-electron chi connectivity index (χ3n) is 3.88. The van der Waals surface area contributed by atoms with Crippen molar-refractivity contribution in [2.75, 3.05) is 33.2 Å². The molecule has 1 unspecified atom stereocenters. The zero-order valence-corrected chi connectivity index (χ0v) is 10.2. The van der Waals surface area contributed by atoms with Gasteiger partial charge in [-0.05, 0) is 25.8 Å². The third-order valence-corrected chi connectivity index (χ3v) is 3.88. The van der Waals surface area contributed by atoms with Gasteiger partial charge in [0.05, 0.1) is 6.04 Å². The Labute approximate surface area is 97.8 Å². The van der Waals surface area contributed by atoms with Crippen LogP contribution >= 0.6 is 0 Å². The van der Waals surface area contributed by atoms with Gasteiger partial charge < -0.3 is 15.5 Å². The van der Waals surface area contributed by atoms with Gasteiger partial charge in [0.1, 0.15) is 0 Å². The van der Waals surface area contributed by atoms with Crippen molar-refractivity contribution >= 4 is 5.91 Å². The first kappa shape index (κ1) is 11.9. The zero-order valence-electron chi connectivity index (χ0n) is 10.2. The molecule has 2 N–H and O–H groups in total. The summed E-state index contributed by atoms with van der Waals surface area (Å²) in [6.45, 7) is 3.60. The van der Waals surface area contributed by atoms with E-state index in [0.717, 1.165) is 26.2 Å². The van der Waals surface area contributed by atoms with Crippen LogP contribution in [0, 0.1) is 5.92 Å². The van der Waals surface area contributed by atoms with Crippen LogP contribution in [-0.2, 0) is 4.79 Å². The van der Waals surface area contributed by atoms with E-state index in [-0.39, 0.29) is 6.04 Å². The van der Waals surface area contributed by atoms with Gasteiger partial charge >= 0.3 is 0 Å². The maximum atomic E-state index is 12.4. The number of rotatable bonds is 3. The number of likely N-dealkylation sites (N-methyl/N-ethyl adjacent to an activating group) is 1. The van der Waals surface area contributed by atoms with Crippen LogP contribution in [0.3, 0.4) is 0 Å². The fraction of sp³-hybridized carbons (Fsp3) is 0.917. The monoisotopic (exact) mass is 225 g/mol. The topological polar surface area (TPSA) is 44.4 Å². The normalized spacial score (nSPS) is 24.7. The van der Waals surface area contributed by atoms with Gasteiger partial charge in [0.2, 0.25) is 5.91 Å². The number of carbonyl (C=O) groups excluding carboxylic acids is 1. The minimum Gasteiger partial charge on any atom is -0.339 e. The highest BCUT2D eigenvalue weighted by molar-refractivity contribution is 5.82. The summed E-state index contributed by atoms with van der Waals surface area (Å²) in [5, 5.41) is 6.51. The Kier molecular flexibility index (Phi) is 4.18. The molecule has 0 aromatic rings. The molecule has 0 aromatic carbocycles. The molecule has 16 heavy (non-hydrogen) atoms. The van der Waals surface area contributed by atoms with E-state index in [0.29, 0.717) is 11.8 Å². The molecule has 0 radical (unpaired) electrons. The Morgan fingerprint density at radius 1 is 1.31 bits per heavy atom. The van der Waals surface area contributed by atoms with Crippen molar-refractivity contribution in [3.05, 3.63) is 0 Å². The Morgan fingerprint density at radius 3 is 2.50 bits per heavy atom. The maximum Gasteiger partial charge on any atom is 0.240 e. The van der Waals surface area contributed by atoms with E-state index in [9.17, 15) is 4.79 Å². The molecule has 2 aliphatic rings. The summed E-state index contributed by atoms with van der Waals surface area (Å²) in [7, 11) is 1.92. The Balaban J connectivity index is 1.93. The SMILES string of the molecule is CNC(C(=O)N1CCNCC1)C1CCCC1. The second kappa shape index (κ2) is 5.64. The molecule has 0 spiro atoms. The lowest BCUT2D eigenvalue weighted by Crippen LogP contribution is -2.54. The predicted octanol–water partition coefficient (Wildman–Crippen LogP) is 0.196. The van der Waals surface area contributed by atoms with Crippen LogP contribution in [0.2, 0.25) is 0 Å². The Morgan fingerprint density at radius 2 is 1.94 bits per heavy atom. The molecule has 4 nitrogen and oxygen atoms in total. The van der Waals surface area contributed by atoms with Crippen LogP contribution in [0.4, 0.5) is 0 Å². The van der Waals surface area contributed by atoms with Gasteiger partial charge in [-0.3, -0.25) is 4.79 Å². The van der Waals surface area contributed by atoms with Crippen molar-refractivity contribution < 1.29 is 4.79 Å². The molecule has 0 aromatic heterocycles. The molecule has 92 valence electrons. The van der Waals surface area contributed by atoms with E-state index < -0.39 is 0 Å². The van der Waals surface area contributed by atoms with Gasteiger partial charge in [0.25, 0.3) is 0 Å². The van der Waals surface area contributed by atoms with Crippen LogP contribution in [-0.4, -0.2) is 50.1 Å². The summed E-state index contributed by atoms with van der Waals surface area (Å²) in [4.78, 5) is 14.4. The molecule has 2 fully saturated rings. The van der Waals surface area contributed by atoms with Crippen LogP contribution in [0.25, 0.3) is 0 Å². The molecule has 1 saturated carbocycles. The molecule has 4 heteroatoms. The van der Waals surface area contributed by atoms with Crippen molar-refractivity contribution in [1.82, 2.24) is 15.5 Å². The lowest BCUT2D eigenvalue weighted by atomic mass is 9.97. The van der Waals surface area contributed by atoms with Gasteiger partial charge in [-0.25, -0.2) is 0 Å². The summed E-state index contributed by atoms with van der Waals surface area (Å²) in [6, 6.07) is 0.0561. The van der Waals surface area contributed by atoms with E-state index >= 15 is 0 Å². The first-order chi connectivity index (χ1) is 7.83. The van der Waals surface area contributed by atoms with E-state index in [1.54, 1.807) is 0 Å². The quantitative estimate of drug-likeness (QED) is 0.721. The van der Waals surface area contributed by atoms with Crippen LogP contribution < -0.4 is 10.6 Å². The van der Waals surface area contributed by atoms with Gasteiger partial charge in [-0.15, -0.1) is 0 Å². The second-order valence-electron chi connectivity index (χ2n) is 4.89. The molecular weight excluding hydrogens is 202 g/mol. The standard InChI is InChI=1S/C12H23N3O/c1-13-11(10-4-2-3-5-10)12(16)15-8-6-14-7-9-15/h10-11,13-14H,2-9H2,1H3. The summed E-state index contributed by atoms with van der Waals surface area (Å²) >= 11 is 0. The number of piperazine rings is 1. The summed E-state index contributed by atoms with van der Waals surface area (Å²) < 4.78 is 0. The van der Waals surface area contributed by atoms with Crippen molar-refractivity contribution in [3.8, 4) is 0 Å². The summed E-state index contributed by atoms with van der Waals surface area (Å²) in [6.07, 6.45) is 5.00. The number of nitrogens with one attached hydrogen (secondary N) is 2. The van der Waals surface area contributed by atoms with E-state index in [1.807, 2.05) is 11.9 Å². The number of hydrogen-bond donors (Lipinski definition) is 2. The molecule has 1 heterocycles. The van der Waals surface area contributed by atoms with Crippen molar-refractivity contribution in [2.45, 2.75) is 31.7 Å². The van der Waals surface area contributed by atoms with Crippen molar-refractivity contribution in [2.24, 2.45) is 5.92 Å². The molecule has 1 amide bonds. The van der Waals surface area contributed by atoms with Crippen molar-refractivity contribution in [1.29, 1.82) is 0 Å². The fourth-order valence-corrected chi connectivity index (χ4v) is 2.93. The number of carbonyl (C=O) groups is 1. The zero-order chi connectivity index (χ0) is 11.4. The fourth-order valence-electron chi connectivity index (χ4n) is 2.93. The summed E-state index contributed by atoms with van der Waals surface area (Å²) in [5.74, 6) is 0.878. The van der Waals surface area contributed by atoms with Gasteiger partial charge in [0.15, 0.2) is 0 Å².